The highest BCUT2D eigenvalue weighted by Gasteiger charge is 2.26. The van der Waals surface area contributed by atoms with Crippen molar-refractivity contribution in [2.75, 3.05) is 13.1 Å². The monoisotopic (exact) mass is 535 g/mol. The third-order valence-corrected chi connectivity index (χ3v) is 8.93. The number of benzene rings is 3. The van der Waals surface area contributed by atoms with E-state index in [0.29, 0.717) is 30.0 Å². The summed E-state index contributed by atoms with van der Waals surface area (Å²) < 4.78 is 31.2. The molecule has 6 nitrogen and oxygen atoms in total. The Kier molecular flexibility index (Phi) is 8.11. The topological polar surface area (TPSA) is 71.7 Å². The lowest BCUT2D eigenvalue weighted by Gasteiger charge is -2.25. The van der Waals surface area contributed by atoms with Crippen molar-refractivity contribution in [2.45, 2.75) is 39.1 Å². The minimum Gasteiger partial charge on any atom is -0.312 e. The Labute approximate surface area is 222 Å². The minimum absolute atomic E-state index is 0.181. The van der Waals surface area contributed by atoms with E-state index in [1.807, 2.05) is 50.5 Å². The van der Waals surface area contributed by atoms with Crippen LogP contribution in [0.4, 0.5) is 0 Å². The zero-order chi connectivity index (χ0) is 26.7. The molecule has 4 aromatic rings. The minimum atomic E-state index is -3.67. The second kappa shape index (κ2) is 11.1. The second-order valence-electron chi connectivity index (χ2n) is 9.97. The summed E-state index contributed by atoms with van der Waals surface area (Å²) in [6, 6.07) is 18.3. The van der Waals surface area contributed by atoms with Crippen LogP contribution in [0.15, 0.2) is 83.2 Å². The van der Waals surface area contributed by atoms with Gasteiger partial charge < -0.3 is 4.57 Å². The van der Waals surface area contributed by atoms with Gasteiger partial charge in [-0.05, 0) is 47.6 Å². The van der Waals surface area contributed by atoms with E-state index in [1.54, 1.807) is 18.2 Å². The normalized spacial score (nSPS) is 12.9. The van der Waals surface area contributed by atoms with Crippen LogP contribution in [0.1, 0.15) is 38.1 Å². The summed E-state index contributed by atoms with van der Waals surface area (Å²) in [6.45, 7) is 13.3. The van der Waals surface area contributed by atoms with Gasteiger partial charge in [0.2, 0.25) is 10.0 Å². The van der Waals surface area contributed by atoms with Gasteiger partial charge in [-0.1, -0.05) is 75.4 Å². The molecule has 0 unspecified atom stereocenters. The highest BCUT2D eigenvalue weighted by atomic mass is 32.2. The number of thiazole rings is 1. The van der Waals surface area contributed by atoms with E-state index in [9.17, 15) is 13.2 Å². The SMILES string of the molecule is C=CCn1c(=NC(=O)c2ccc(S(=O)(=O)N(CC(C)C)CC(C)C)cc2)sc2c3ccccc3ccc21. The van der Waals surface area contributed by atoms with Crippen molar-refractivity contribution in [1.29, 1.82) is 0 Å². The third kappa shape index (κ3) is 5.76. The van der Waals surface area contributed by atoms with Gasteiger partial charge in [0, 0.05) is 30.6 Å². The largest absolute Gasteiger partial charge is 0.312 e. The predicted octanol–water partition coefficient (Wildman–Crippen LogP) is 6.09. The summed E-state index contributed by atoms with van der Waals surface area (Å²) in [4.78, 5) is 18.3. The van der Waals surface area contributed by atoms with Gasteiger partial charge in [-0.3, -0.25) is 4.79 Å². The molecule has 0 saturated heterocycles. The van der Waals surface area contributed by atoms with Crippen LogP contribution in [0.2, 0.25) is 0 Å². The fourth-order valence-corrected chi connectivity index (χ4v) is 7.28. The number of amides is 1. The number of nitrogens with zero attached hydrogens (tertiary/aromatic N) is 3. The lowest BCUT2D eigenvalue weighted by Crippen LogP contribution is -2.37. The van der Waals surface area contributed by atoms with Crippen LogP contribution >= 0.6 is 11.3 Å². The van der Waals surface area contributed by atoms with Crippen LogP contribution in [0, 0.1) is 11.8 Å². The molecule has 1 amide bonds. The molecule has 0 bridgehead atoms. The lowest BCUT2D eigenvalue weighted by atomic mass is 10.1. The van der Waals surface area contributed by atoms with E-state index in [2.05, 4.69) is 29.8 Å². The quantitative estimate of drug-likeness (QED) is 0.244. The lowest BCUT2D eigenvalue weighted by molar-refractivity contribution is 0.0997. The van der Waals surface area contributed by atoms with Crippen LogP contribution < -0.4 is 4.80 Å². The highest BCUT2D eigenvalue weighted by Crippen LogP contribution is 2.28. The maximum Gasteiger partial charge on any atom is 0.279 e. The van der Waals surface area contributed by atoms with E-state index in [1.165, 1.54) is 27.8 Å². The molecule has 0 radical (unpaired) electrons. The van der Waals surface area contributed by atoms with Crippen molar-refractivity contribution in [3.05, 3.63) is 83.7 Å². The molecule has 194 valence electrons. The first kappa shape index (κ1) is 27.0. The molecular weight excluding hydrogens is 502 g/mol. The molecule has 0 saturated carbocycles. The Balaban J connectivity index is 1.70. The smallest absolute Gasteiger partial charge is 0.279 e. The first-order valence-corrected chi connectivity index (χ1v) is 14.7. The van der Waals surface area contributed by atoms with Gasteiger partial charge in [-0.2, -0.15) is 9.30 Å². The average molecular weight is 536 g/mol. The van der Waals surface area contributed by atoms with Crippen molar-refractivity contribution in [1.82, 2.24) is 8.87 Å². The number of hydrogen-bond donors (Lipinski definition) is 0. The predicted molar refractivity (Wildman–Crippen MR) is 152 cm³/mol. The van der Waals surface area contributed by atoms with Gasteiger partial charge in [0.15, 0.2) is 4.80 Å². The van der Waals surface area contributed by atoms with Crippen LogP contribution in [0.25, 0.3) is 21.0 Å². The van der Waals surface area contributed by atoms with E-state index >= 15 is 0 Å². The molecule has 0 aliphatic heterocycles. The van der Waals surface area contributed by atoms with Gasteiger partial charge in [0.25, 0.3) is 5.91 Å². The van der Waals surface area contributed by atoms with Crippen molar-refractivity contribution < 1.29 is 13.2 Å². The zero-order valence-electron chi connectivity index (χ0n) is 21.7. The number of aromatic nitrogens is 1. The molecule has 0 N–H and O–H groups in total. The standard InChI is InChI=1S/C29H33N3O3S2/c1-6-17-32-26-16-13-22-9-7-8-10-25(22)27(26)36-29(32)30-28(33)23-11-14-24(15-12-23)37(34,35)31(18-20(2)3)19-21(4)5/h6-16,20-21H,1,17-19H2,2-5H3. The summed E-state index contributed by atoms with van der Waals surface area (Å²) in [7, 11) is -3.67. The summed E-state index contributed by atoms with van der Waals surface area (Å²) in [6.07, 6.45) is 1.78. The summed E-state index contributed by atoms with van der Waals surface area (Å²) in [5.74, 6) is -0.0124. The molecule has 0 aliphatic carbocycles. The van der Waals surface area contributed by atoms with Crippen molar-refractivity contribution in [3.8, 4) is 0 Å². The van der Waals surface area contributed by atoms with Crippen LogP contribution in [-0.4, -0.2) is 36.3 Å². The van der Waals surface area contributed by atoms with E-state index in [4.69, 9.17) is 0 Å². The zero-order valence-corrected chi connectivity index (χ0v) is 23.3. The molecule has 0 atom stereocenters. The second-order valence-corrected chi connectivity index (χ2v) is 12.9. The average Bonchev–Trinajstić information content (AvgIpc) is 3.20. The number of hydrogen-bond acceptors (Lipinski definition) is 4. The Morgan fingerprint density at radius 1 is 1.00 bits per heavy atom. The molecule has 3 aromatic carbocycles. The van der Waals surface area contributed by atoms with Crippen LogP contribution in [0.5, 0.6) is 0 Å². The van der Waals surface area contributed by atoms with Gasteiger partial charge >= 0.3 is 0 Å². The molecule has 0 spiro atoms. The fourth-order valence-electron chi connectivity index (χ4n) is 4.34. The number of allylic oxidation sites excluding steroid dienone is 1. The molecule has 0 aliphatic rings. The Morgan fingerprint density at radius 2 is 1.65 bits per heavy atom. The number of carbonyl (C=O) groups excluding carboxylic acids is 1. The summed E-state index contributed by atoms with van der Waals surface area (Å²) in [5, 5.41) is 2.24. The molecular formula is C29H33N3O3S2. The van der Waals surface area contributed by atoms with Crippen molar-refractivity contribution in [2.24, 2.45) is 16.8 Å². The number of rotatable bonds is 9. The van der Waals surface area contributed by atoms with E-state index < -0.39 is 15.9 Å². The molecule has 0 fully saturated rings. The molecule has 1 aromatic heterocycles. The van der Waals surface area contributed by atoms with Gasteiger partial charge in [0.05, 0.1) is 15.1 Å². The number of sulfonamides is 1. The first-order valence-electron chi connectivity index (χ1n) is 12.4. The summed E-state index contributed by atoms with van der Waals surface area (Å²) in [5.41, 5.74) is 1.33. The van der Waals surface area contributed by atoms with Crippen molar-refractivity contribution in [3.63, 3.8) is 0 Å². The van der Waals surface area contributed by atoms with Crippen LogP contribution in [-0.2, 0) is 16.6 Å². The van der Waals surface area contributed by atoms with E-state index in [-0.39, 0.29) is 16.7 Å². The van der Waals surface area contributed by atoms with Gasteiger partial charge in [0.1, 0.15) is 0 Å². The van der Waals surface area contributed by atoms with Gasteiger partial charge in [-0.25, -0.2) is 8.42 Å². The fraction of sp³-hybridized carbons (Fsp3) is 0.310. The Morgan fingerprint density at radius 3 is 2.27 bits per heavy atom. The maximum absolute atomic E-state index is 13.3. The third-order valence-electron chi connectivity index (χ3n) is 5.96. The molecule has 1 heterocycles. The Hall–Kier alpha value is -3.07. The Bertz CT molecular complexity index is 1600. The van der Waals surface area contributed by atoms with Crippen LogP contribution in [0.3, 0.4) is 0 Å². The maximum atomic E-state index is 13.3. The summed E-state index contributed by atoms with van der Waals surface area (Å²) >= 11 is 1.46. The highest BCUT2D eigenvalue weighted by molar-refractivity contribution is 7.89. The van der Waals surface area contributed by atoms with Crippen molar-refractivity contribution >= 4 is 48.3 Å². The number of carbonyl (C=O) groups is 1. The van der Waals surface area contributed by atoms with E-state index in [0.717, 1.165) is 21.0 Å². The molecule has 37 heavy (non-hydrogen) atoms. The first-order chi connectivity index (χ1) is 17.6. The number of fused-ring (bicyclic) bond motifs is 3. The van der Waals surface area contributed by atoms with Gasteiger partial charge in [-0.15, -0.1) is 6.58 Å². The molecule has 4 rings (SSSR count). The molecule has 8 heteroatoms.